The van der Waals surface area contributed by atoms with Gasteiger partial charge in [-0.3, -0.25) is 9.78 Å². The molecule has 2 fully saturated rings. The van der Waals surface area contributed by atoms with Crippen LogP contribution < -0.4 is 16.0 Å². The average molecular weight is 449 g/mol. The highest BCUT2D eigenvalue weighted by Gasteiger charge is 2.29. The molecule has 2 aromatic heterocycles. The normalized spacial score (nSPS) is 21.7. The van der Waals surface area contributed by atoms with Gasteiger partial charge in [0.2, 0.25) is 5.91 Å². The average Bonchev–Trinajstić information content (AvgIpc) is 3.29. The summed E-state index contributed by atoms with van der Waals surface area (Å²) in [6.45, 7) is 2.37. The molecule has 10 heteroatoms. The van der Waals surface area contributed by atoms with E-state index in [2.05, 4.69) is 30.9 Å². The number of nitrogens with zero attached hydrogens (tertiary/aromatic N) is 3. The Hall–Kier alpha value is -2.36. The van der Waals surface area contributed by atoms with Crippen LogP contribution >= 0.6 is 11.6 Å². The van der Waals surface area contributed by atoms with Crippen molar-refractivity contribution in [1.82, 2.24) is 20.3 Å². The molecule has 1 amide bonds. The number of amides is 1. The number of carbonyl (C=O) groups excluding carboxylic acids is 1. The molecule has 31 heavy (non-hydrogen) atoms. The van der Waals surface area contributed by atoms with Crippen molar-refractivity contribution in [3.05, 3.63) is 29.7 Å². The highest BCUT2D eigenvalue weighted by atomic mass is 35.5. The fraction of sp³-hybridized carbons (Fsp3) is 0.524. The summed E-state index contributed by atoms with van der Waals surface area (Å²) in [5.41, 5.74) is 1.21. The molecular formula is C21H26ClFN6O2. The largest absolute Gasteiger partial charge is 0.381 e. The smallest absolute Gasteiger partial charge is 0.229 e. The van der Waals surface area contributed by atoms with Gasteiger partial charge in [0.05, 0.1) is 29.0 Å². The van der Waals surface area contributed by atoms with Crippen molar-refractivity contribution in [2.45, 2.75) is 25.3 Å². The molecule has 0 spiro atoms. The Kier molecular flexibility index (Phi) is 7.26. The van der Waals surface area contributed by atoms with Gasteiger partial charge in [-0.25, -0.2) is 14.4 Å². The maximum atomic E-state index is 12.8. The van der Waals surface area contributed by atoms with Crippen LogP contribution in [0.3, 0.4) is 0 Å². The van der Waals surface area contributed by atoms with E-state index in [9.17, 15) is 9.18 Å². The number of hydrogen-bond donors (Lipinski definition) is 3. The zero-order chi connectivity index (χ0) is 21.6. The summed E-state index contributed by atoms with van der Waals surface area (Å²) in [6.07, 6.45) is 7.31. The van der Waals surface area contributed by atoms with Crippen LogP contribution in [-0.4, -0.2) is 59.9 Å². The Morgan fingerprint density at radius 1 is 1.26 bits per heavy atom. The van der Waals surface area contributed by atoms with Crippen molar-refractivity contribution < 1.29 is 13.9 Å². The lowest BCUT2D eigenvalue weighted by molar-refractivity contribution is -0.119. The van der Waals surface area contributed by atoms with E-state index < -0.39 is 6.67 Å². The highest BCUT2D eigenvalue weighted by Crippen LogP contribution is 2.29. The predicted molar refractivity (Wildman–Crippen MR) is 117 cm³/mol. The van der Waals surface area contributed by atoms with E-state index >= 15 is 0 Å². The second kappa shape index (κ2) is 10.3. The Bertz CT molecular complexity index is 911. The number of halogens is 2. The predicted octanol–water partition coefficient (Wildman–Crippen LogP) is 2.92. The van der Waals surface area contributed by atoms with E-state index in [-0.39, 0.29) is 17.9 Å². The van der Waals surface area contributed by atoms with Crippen molar-refractivity contribution in [2.24, 2.45) is 11.8 Å². The van der Waals surface area contributed by atoms with Gasteiger partial charge in [-0.2, -0.15) is 0 Å². The highest BCUT2D eigenvalue weighted by molar-refractivity contribution is 6.33. The third kappa shape index (κ3) is 5.66. The van der Waals surface area contributed by atoms with Gasteiger partial charge in [-0.05, 0) is 31.2 Å². The van der Waals surface area contributed by atoms with Crippen LogP contribution in [0, 0.1) is 11.8 Å². The van der Waals surface area contributed by atoms with Gasteiger partial charge >= 0.3 is 0 Å². The molecule has 2 unspecified atom stereocenters. The molecule has 0 radical (unpaired) electrons. The van der Waals surface area contributed by atoms with Crippen molar-refractivity contribution >= 4 is 29.1 Å². The van der Waals surface area contributed by atoms with Crippen molar-refractivity contribution in [1.29, 1.82) is 0 Å². The quantitative estimate of drug-likeness (QED) is 0.598. The summed E-state index contributed by atoms with van der Waals surface area (Å²) in [5, 5.41) is 9.56. The SMILES string of the molecule is O=C(Nc1cc(-c2cncc(NCC3CCOCC3)n2)c(Cl)cn1)C1CNC(CF)C1. The van der Waals surface area contributed by atoms with Gasteiger partial charge < -0.3 is 20.7 Å². The number of alkyl halides is 1. The molecule has 2 aromatic rings. The van der Waals surface area contributed by atoms with Crippen LogP contribution in [0.25, 0.3) is 11.3 Å². The zero-order valence-electron chi connectivity index (χ0n) is 17.1. The molecule has 8 nitrogen and oxygen atoms in total. The Labute approximate surface area is 185 Å². The first-order valence-electron chi connectivity index (χ1n) is 10.5. The second-order valence-corrected chi connectivity index (χ2v) is 8.36. The number of carbonyl (C=O) groups is 1. The first kappa shape index (κ1) is 21.9. The molecule has 2 saturated heterocycles. The summed E-state index contributed by atoms with van der Waals surface area (Å²) in [4.78, 5) is 25.6. The first-order chi connectivity index (χ1) is 15.1. The zero-order valence-corrected chi connectivity index (χ0v) is 17.9. The summed E-state index contributed by atoms with van der Waals surface area (Å²) in [6, 6.07) is 1.41. The summed E-state index contributed by atoms with van der Waals surface area (Å²) in [7, 11) is 0. The molecule has 3 N–H and O–H groups in total. The minimum atomic E-state index is -0.481. The summed E-state index contributed by atoms with van der Waals surface area (Å²) < 4.78 is 18.2. The molecule has 0 aromatic carbocycles. The lowest BCUT2D eigenvalue weighted by atomic mass is 10.0. The van der Waals surface area contributed by atoms with E-state index in [1.54, 1.807) is 18.5 Å². The molecular weight excluding hydrogens is 423 g/mol. The van der Waals surface area contributed by atoms with Crippen LogP contribution in [0.15, 0.2) is 24.7 Å². The monoisotopic (exact) mass is 448 g/mol. The minimum absolute atomic E-state index is 0.192. The number of nitrogens with one attached hydrogen (secondary N) is 3. The van der Waals surface area contributed by atoms with Gasteiger partial charge in [0.25, 0.3) is 0 Å². The molecule has 2 aliphatic heterocycles. The molecule has 166 valence electrons. The number of anilines is 2. The number of rotatable bonds is 7. The van der Waals surface area contributed by atoms with Gasteiger partial charge in [0, 0.05) is 44.1 Å². The molecule has 0 bridgehead atoms. The van der Waals surface area contributed by atoms with Gasteiger partial charge in [-0.1, -0.05) is 11.6 Å². The summed E-state index contributed by atoms with van der Waals surface area (Å²) >= 11 is 6.35. The lowest BCUT2D eigenvalue weighted by Crippen LogP contribution is -2.25. The lowest BCUT2D eigenvalue weighted by Gasteiger charge is -2.22. The number of ether oxygens (including phenoxy) is 1. The second-order valence-electron chi connectivity index (χ2n) is 7.96. The standard InChI is InChI=1S/C21H26ClFN6O2/c22-17-10-27-19(29-21(30)14-5-15(7-23)25-9-14)6-16(17)18-11-24-12-20(28-18)26-8-13-1-3-31-4-2-13/h6,10-15,25H,1-5,7-9H2,(H,26,28)(H,27,29,30). The van der Waals surface area contributed by atoms with Crippen LogP contribution in [0.5, 0.6) is 0 Å². The molecule has 2 atom stereocenters. The molecule has 2 aliphatic rings. The maximum Gasteiger partial charge on any atom is 0.229 e. The van der Waals surface area contributed by atoms with Crippen molar-refractivity contribution in [2.75, 3.05) is 43.6 Å². The Morgan fingerprint density at radius 2 is 2.10 bits per heavy atom. The third-order valence-electron chi connectivity index (χ3n) is 5.71. The molecule has 0 aliphatic carbocycles. The summed E-state index contributed by atoms with van der Waals surface area (Å²) in [5.74, 6) is 1.10. The topological polar surface area (TPSA) is 101 Å². The van der Waals surface area contributed by atoms with Crippen LogP contribution in [0.4, 0.5) is 16.0 Å². The fourth-order valence-corrected chi connectivity index (χ4v) is 4.05. The molecule has 4 heterocycles. The fourth-order valence-electron chi connectivity index (χ4n) is 3.85. The number of aromatic nitrogens is 3. The number of hydrogen-bond acceptors (Lipinski definition) is 7. The van der Waals surface area contributed by atoms with Crippen molar-refractivity contribution in [3.63, 3.8) is 0 Å². The molecule has 4 rings (SSSR count). The van der Waals surface area contributed by atoms with E-state index in [1.807, 2.05) is 0 Å². The maximum absolute atomic E-state index is 12.8. The van der Waals surface area contributed by atoms with E-state index in [1.165, 1.54) is 6.20 Å². The van der Waals surface area contributed by atoms with Crippen LogP contribution in [0.1, 0.15) is 19.3 Å². The van der Waals surface area contributed by atoms with Gasteiger partial charge in [0.1, 0.15) is 18.3 Å². The molecule has 0 saturated carbocycles. The van der Waals surface area contributed by atoms with Crippen LogP contribution in [-0.2, 0) is 9.53 Å². The Morgan fingerprint density at radius 3 is 2.87 bits per heavy atom. The first-order valence-corrected chi connectivity index (χ1v) is 10.9. The van der Waals surface area contributed by atoms with E-state index in [4.69, 9.17) is 16.3 Å². The Balaban J connectivity index is 1.43. The third-order valence-corrected chi connectivity index (χ3v) is 6.01. The number of pyridine rings is 1. The van der Waals surface area contributed by atoms with Crippen LogP contribution in [0.2, 0.25) is 5.02 Å². The van der Waals surface area contributed by atoms with E-state index in [0.717, 1.165) is 32.6 Å². The van der Waals surface area contributed by atoms with Crippen molar-refractivity contribution in [3.8, 4) is 11.3 Å². The minimum Gasteiger partial charge on any atom is -0.381 e. The van der Waals surface area contributed by atoms with Gasteiger partial charge in [-0.15, -0.1) is 0 Å². The van der Waals surface area contributed by atoms with Gasteiger partial charge in [0.15, 0.2) is 0 Å². The van der Waals surface area contributed by atoms with E-state index in [0.29, 0.717) is 46.8 Å².